The lowest BCUT2D eigenvalue weighted by Gasteiger charge is -2.36. The zero-order chi connectivity index (χ0) is 35.7. The number of carbonyl (C=O) groups excluding carboxylic acids is 1. The normalized spacial score (nSPS) is 13.8. The number of nitrogens with two attached hydrogens (primary N) is 1. The van der Waals surface area contributed by atoms with Crippen molar-refractivity contribution in [2.45, 2.75) is 57.1 Å². The van der Waals surface area contributed by atoms with Gasteiger partial charge in [0, 0.05) is 67.0 Å². The van der Waals surface area contributed by atoms with Gasteiger partial charge in [-0.3, -0.25) is 4.79 Å². The number of halogens is 3. The van der Waals surface area contributed by atoms with Crippen molar-refractivity contribution in [2.24, 2.45) is 5.73 Å². The molecule has 1 saturated heterocycles. The van der Waals surface area contributed by atoms with Crippen LogP contribution in [0.5, 0.6) is 0 Å². The quantitative estimate of drug-likeness (QED) is 0.203. The minimum absolute atomic E-state index is 0.169. The number of aromatic nitrogens is 2. The molecule has 2 aromatic carbocycles. The summed E-state index contributed by atoms with van der Waals surface area (Å²) in [7, 11) is -3.67. The second kappa shape index (κ2) is 16.1. The van der Waals surface area contributed by atoms with Gasteiger partial charge in [0.25, 0.3) is 0 Å². The maximum atomic E-state index is 12.8. The number of amides is 1. The van der Waals surface area contributed by atoms with Crippen LogP contribution in [0.25, 0.3) is 0 Å². The van der Waals surface area contributed by atoms with E-state index in [1.807, 2.05) is 36.1 Å². The molecular formula is C31H41F3N8O5S. The predicted molar refractivity (Wildman–Crippen MR) is 177 cm³/mol. The van der Waals surface area contributed by atoms with Crippen LogP contribution < -0.4 is 26.0 Å². The predicted octanol–water partition coefficient (Wildman–Crippen LogP) is 4.37. The van der Waals surface area contributed by atoms with Crippen molar-refractivity contribution in [2.75, 3.05) is 48.3 Å². The molecule has 0 atom stereocenters. The van der Waals surface area contributed by atoms with Crippen molar-refractivity contribution < 1.29 is 36.3 Å². The first-order valence-electron chi connectivity index (χ1n) is 15.0. The van der Waals surface area contributed by atoms with Crippen LogP contribution in [-0.4, -0.2) is 84.7 Å². The van der Waals surface area contributed by atoms with Crippen LogP contribution >= 0.6 is 0 Å². The average molecular weight is 695 g/mol. The van der Waals surface area contributed by atoms with Gasteiger partial charge < -0.3 is 31.3 Å². The maximum absolute atomic E-state index is 12.8. The van der Waals surface area contributed by atoms with Gasteiger partial charge >= 0.3 is 12.1 Å². The summed E-state index contributed by atoms with van der Waals surface area (Å²) in [6.07, 6.45) is -2.14. The van der Waals surface area contributed by atoms with Gasteiger partial charge in [-0.2, -0.15) is 18.2 Å². The van der Waals surface area contributed by atoms with E-state index in [1.165, 1.54) is 0 Å². The molecule has 1 amide bonds. The van der Waals surface area contributed by atoms with Crippen molar-refractivity contribution in [1.82, 2.24) is 19.6 Å². The number of hydrogen-bond acceptors (Lipinski definition) is 10. The number of benzene rings is 2. The summed E-state index contributed by atoms with van der Waals surface area (Å²) in [5.74, 6) is -1.60. The summed E-state index contributed by atoms with van der Waals surface area (Å²) in [6.45, 7) is 10.8. The highest BCUT2D eigenvalue weighted by Crippen LogP contribution is 2.25. The first-order valence-corrected chi connectivity index (χ1v) is 16.5. The second-order valence-corrected chi connectivity index (χ2v) is 13.7. The van der Waals surface area contributed by atoms with Gasteiger partial charge in [-0.15, -0.1) is 0 Å². The van der Waals surface area contributed by atoms with E-state index in [4.69, 9.17) is 15.6 Å². The van der Waals surface area contributed by atoms with Crippen molar-refractivity contribution >= 4 is 50.7 Å². The van der Waals surface area contributed by atoms with E-state index in [-0.39, 0.29) is 10.8 Å². The summed E-state index contributed by atoms with van der Waals surface area (Å²) in [5, 5.41) is 13.6. The second-order valence-electron chi connectivity index (χ2n) is 12.0. The number of nitrogens with one attached hydrogen (secondary N) is 3. The zero-order valence-electron chi connectivity index (χ0n) is 27.1. The number of piperazine rings is 1. The molecule has 1 aromatic heterocycles. The number of carbonyl (C=O) groups is 2. The molecule has 262 valence electrons. The first-order chi connectivity index (χ1) is 22.4. The number of hydrogen-bond donors (Lipinski definition) is 5. The number of aliphatic carboxylic acids is 1. The van der Waals surface area contributed by atoms with E-state index in [2.05, 4.69) is 30.2 Å². The molecule has 0 radical (unpaired) electrons. The Balaban J connectivity index is 0.000000804. The molecule has 1 aliphatic rings. The van der Waals surface area contributed by atoms with Gasteiger partial charge in [-0.25, -0.2) is 22.9 Å². The number of nitrogens with zero attached hydrogens (tertiary/aromatic N) is 4. The Kier molecular flexibility index (Phi) is 12.7. The summed E-state index contributed by atoms with van der Waals surface area (Å²) in [4.78, 5) is 34.5. The topological polar surface area (TPSA) is 183 Å². The number of carboxylic acids is 1. The van der Waals surface area contributed by atoms with Gasteiger partial charge in [-0.05, 0) is 83.1 Å². The van der Waals surface area contributed by atoms with E-state index < -0.39 is 27.7 Å². The molecule has 0 spiro atoms. The van der Waals surface area contributed by atoms with Crippen LogP contribution in [0.3, 0.4) is 0 Å². The van der Waals surface area contributed by atoms with Crippen LogP contribution in [-0.2, 0) is 19.6 Å². The molecular weight excluding hydrogens is 653 g/mol. The van der Waals surface area contributed by atoms with E-state index in [0.717, 1.165) is 36.4 Å². The van der Waals surface area contributed by atoms with Crippen LogP contribution in [0.2, 0.25) is 0 Å². The SMILES string of the molecule is Cc1cnc(Nc2ccc(N3CCN(C(=O)CCCN)CC3)cc2)nc1Nc1cccc(S(=O)(=O)NC(C)(C)C)c1.O=C(O)C(F)(F)F. The third kappa shape index (κ3) is 11.6. The summed E-state index contributed by atoms with van der Waals surface area (Å²) >= 11 is 0. The average Bonchev–Trinajstić information content (AvgIpc) is 3.01. The number of rotatable bonds is 10. The van der Waals surface area contributed by atoms with Gasteiger partial charge in [0.05, 0.1) is 4.90 Å². The molecule has 1 aliphatic heterocycles. The lowest BCUT2D eigenvalue weighted by molar-refractivity contribution is -0.192. The number of aryl methyl sites for hydroxylation is 1. The largest absolute Gasteiger partial charge is 0.490 e. The molecule has 4 rings (SSSR count). The fourth-order valence-corrected chi connectivity index (χ4v) is 5.94. The van der Waals surface area contributed by atoms with Crippen LogP contribution in [0, 0.1) is 6.92 Å². The first kappa shape index (κ1) is 38.0. The van der Waals surface area contributed by atoms with E-state index in [9.17, 15) is 26.4 Å². The molecule has 17 heteroatoms. The molecule has 48 heavy (non-hydrogen) atoms. The molecule has 1 fully saturated rings. The Morgan fingerprint density at radius 1 is 0.979 bits per heavy atom. The molecule has 0 aliphatic carbocycles. The van der Waals surface area contributed by atoms with Gasteiger partial charge in [0.1, 0.15) is 5.82 Å². The summed E-state index contributed by atoms with van der Waals surface area (Å²) in [5.41, 5.74) is 8.27. The van der Waals surface area contributed by atoms with Gasteiger partial charge in [0.2, 0.25) is 21.9 Å². The lowest BCUT2D eigenvalue weighted by Crippen LogP contribution is -2.48. The van der Waals surface area contributed by atoms with Crippen molar-refractivity contribution in [3.05, 3.63) is 60.3 Å². The Bertz CT molecular complexity index is 1660. The Hall–Kier alpha value is -4.48. The third-order valence-corrected chi connectivity index (χ3v) is 8.53. The highest BCUT2D eigenvalue weighted by Gasteiger charge is 2.38. The smallest absolute Gasteiger partial charge is 0.475 e. The van der Waals surface area contributed by atoms with Crippen LogP contribution in [0.1, 0.15) is 39.2 Å². The van der Waals surface area contributed by atoms with Crippen LogP contribution in [0.15, 0.2) is 59.6 Å². The van der Waals surface area contributed by atoms with Crippen molar-refractivity contribution in [1.29, 1.82) is 0 Å². The van der Waals surface area contributed by atoms with Crippen molar-refractivity contribution in [3.63, 3.8) is 0 Å². The van der Waals surface area contributed by atoms with E-state index in [1.54, 1.807) is 51.2 Å². The number of carboxylic acid groups (broad SMARTS) is 1. The lowest BCUT2D eigenvalue weighted by atomic mass is 10.1. The third-order valence-electron chi connectivity index (χ3n) is 6.78. The summed E-state index contributed by atoms with van der Waals surface area (Å²) in [6, 6.07) is 14.7. The monoisotopic (exact) mass is 694 g/mol. The maximum Gasteiger partial charge on any atom is 0.490 e. The molecule has 0 bridgehead atoms. The molecule has 0 saturated carbocycles. The summed E-state index contributed by atoms with van der Waals surface area (Å²) < 4.78 is 60.0. The van der Waals surface area contributed by atoms with E-state index in [0.29, 0.717) is 43.5 Å². The number of anilines is 5. The van der Waals surface area contributed by atoms with Crippen LogP contribution in [0.4, 0.5) is 42.0 Å². The Morgan fingerprint density at radius 3 is 2.17 bits per heavy atom. The highest BCUT2D eigenvalue weighted by molar-refractivity contribution is 7.89. The number of sulfonamides is 1. The molecule has 13 nitrogen and oxygen atoms in total. The Labute approximate surface area is 277 Å². The standard InChI is InChI=1S/C29H40N8O3S.C2HF3O2/c1-21-20-31-28(34-27(21)32-23-7-5-8-25(19-23)41(39,40)35-29(2,3)4)33-22-10-12-24(13-11-22)36-15-17-37(18-16-36)26(38)9-6-14-30;3-2(4,5)1(6)7/h5,7-8,10-13,19-20,35H,6,9,14-18,30H2,1-4H3,(H2,31,32,33,34);(H,6,7). The molecule has 2 heterocycles. The number of alkyl halides is 3. The molecule has 3 aromatic rings. The van der Waals surface area contributed by atoms with Crippen molar-refractivity contribution in [3.8, 4) is 0 Å². The minimum atomic E-state index is -5.08. The van der Waals surface area contributed by atoms with Gasteiger partial charge in [-0.1, -0.05) is 6.07 Å². The Morgan fingerprint density at radius 2 is 1.60 bits per heavy atom. The molecule has 0 unspecified atom stereocenters. The fraction of sp³-hybridized carbons (Fsp3) is 0.419. The minimum Gasteiger partial charge on any atom is -0.475 e. The fourth-order valence-electron chi connectivity index (χ4n) is 4.48. The zero-order valence-corrected chi connectivity index (χ0v) is 28.0. The highest BCUT2D eigenvalue weighted by atomic mass is 32.2. The van der Waals surface area contributed by atoms with E-state index >= 15 is 0 Å². The van der Waals surface area contributed by atoms with Gasteiger partial charge in [0.15, 0.2) is 0 Å². The molecule has 6 N–H and O–H groups in total.